The first-order valence-electron chi connectivity index (χ1n) is 11.5. The first-order chi connectivity index (χ1) is 16.0. The van der Waals surface area contributed by atoms with E-state index in [1.54, 1.807) is 0 Å². The molecule has 0 bridgehead atoms. The fraction of sp³-hybridized carbons (Fsp3) is 0.538. The first-order valence-corrected chi connectivity index (χ1v) is 11.5. The van der Waals surface area contributed by atoms with Crippen LogP contribution >= 0.6 is 0 Å². The summed E-state index contributed by atoms with van der Waals surface area (Å²) < 4.78 is 32.5. The van der Waals surface area contributed by atoms with Gasteiger partial charge in [0, 0.05) is 5.41 Å². The summed E-state index contributed by atoms with van der Waals surface area (Å²) in [4.78, 5) is 0. The molecule has 2 aromatic carbocycles. The molecule has 3 atom stereocenters. The molecule has 2 fully saturated rings. The SMILES string of the molecule is CC(C)(c1ccc(OCC(O)COCCOCC2CO2)cc1)c1ccc(OCC2CO2)cc1. The van der Waals surface area contributed by atoms with Crippen molar-refractivity contribution in [1.82, 2.24) is 0 Å². The number of rotatable bonds is 15. The summed E-state index contributed by atoms with van der Waals surface area (Å²) in [6, 6.07) is 16.2. The van der Waals surface area contributed by atoms with Gasteiger partial charge in [-0.15, -0.1) is 0 Å². The van der Waals surface area contributed by atoms with Crippen LogP contribution in [-0.4, -0.2) is 76.3 Å². The minimum Gasteiger partial charge on any atom is -0.491 e. The van der Waals surface area contributed by atoms with Crippen molar-refractivity contribution in [3.05, 3.63) is 59.7 Å². The van der Waals surface area contributed by atoms with E-state index in [-0.39, 0.29) is 30.8 Å². The van der Waals surface area contributed by atoms with E-state index in [1.165, 1.54) is 11.1 Å². The minimum absolute atomic E-state index is 0.169. The Hall–Kier alpha value is -2.16. The zero-order valence-electron chi connectivity index (χ0n) is 19.4. The number of epoxide rings is 2. The quantitative estimate of drug-likeness (QED) is 0.325. The first kappa shape index (κ1) is 24.0. The van der Waals surface area contributed by atoms with Gasteiger partial charge in [-0.2, -0.15) is 0 Å². The van der Waals surface area contributed by atoms with Crippen LogP contribution in [-0.2, 0) is 24.4 Å². The third-order valence-electron chi connectivity index (χ3n) is 5.82. The number of ether oxygens (including phenoxy) is 6. The molecule has 4 rings (SSSR count). The van der Waals surface area contributed by atoms with Crippen LogP contribution in [0.25, 0.3) is 0 Å². The van der Waals surface area contributed by atoms with Crippen LogP contribution in [0.1, 0.15) is 25.0 Å². The topological polar surface area (TPSA) is 82.2 Å². The molecule has 180 valence electrons. The third-order valence-corrected chi connectivity index (χ3v) is 5.82. The molecule has 0 aliphatic carbocycles. The second kappa shape index (κ2) is 11.3. The smallest absolute Gasteiger partial charge is 0.119 e. The molecule has 1 N–H and O–H groups in total. The molecule has 2 aromatic rings. The van der Waals surface area contributed by atoms with Crippen LogP contribution in [0.3, 0.4) is 0 Å². The van der Waals surface area contributed by atoms with E-state index in [0.717, 1.165) is 19.0 Å². The highest BCUT2D eigenvalue weighted by molar-refractivity contribution is 5.41. The summed E-state index contributed by atoms with van der Waals surface area (Å²) in [5, 5.41) is 10.1. The van der Waals surface area contributed by atoms with Gasteiger partial charge in [-0.3, -0.25) is 0 Å². The molecule has 0 amide bonds. The summed E-state index contributed by atoms with van der Waals surface area (Å²) in [6.45, 7) is 8.50. The van der Waals surface area contributed by atoms with Gasteiger partial charge in [-0.05, 0) is 35.4 Å². The average molecular weight is 459 g/mol. The number of benzene rings is 2. The van der Waals surface area contributed by atoms with E-state index < -0.39 is 6.10 Å². The van der Waals surface area contributed by atoms with Crippen LogP contribution in [0, 0.1) is 0 Å². The Labute approximate surface area is 195 Å². The van der Waals surface area contributed by atoms with Gasteiger partial charge in [0.05, 0.1) is 39.6 Å². The van der Waals surface area contributed by atoms with Gasteiger partial charge in [0.15, 0.2) is 0 Å². The Balaban J connectivity index is 1.18. The van der Waals surface area contributed by atoms with E-state index in [2.05, 4.69) is 38.1 Å². The molecule has 0 saturated carbocycles. The number of hydrogen-bond donors (Lipinski definition) is 1. The highest BCUT2D eigenvalue weighted by atomic mass is 16.6. The predicted octanol–water partition coefficient (Wildman–Crippen LogP) is 2.96. The summed E-state index contributed by atoms with van der Waals surface area (Å²) in [7, 11) is 0. The van der Waals surface area contributed by atoms with Crippen molar-refractivity contribution in [3.8, 4) is 11.5 Å². The van der Waals surface area contributed by atoms with Gasteiger partial charge in [0.2, 0.25) is 0 Å². The Morgan fingerprint density at radius 2 is 1.30 bits per heavy atom. The van der Waals surface area contributed by atoms with E-state index in [1.807, 2.05) is 24.3 Å². The average Bonchev–Trinajstić information content (AvgIpc) is 3.75. The lowest BCUT2D eigenvalue weighted by Gasteiger charge is -2.26. The van der Waals surface area contributed by atoms with Crippen LogP contribution in [0.2, 0.25) is 0 Å². The lowest BCUT2D eigenvalue weighted by Crippen LogP contribution is -2.24. The highest BCUT2D eigenvalue weighted by Crippen LogP contribution is 2.33. The lowest BCUT2D eigenvalue weighted by molar-refractivity contribution is -0.0124. The molecule has 7 heteroatoms. The van der Waals surface area contributed by atoms with Crippen molar-refractivity contribution in [2.75, 3.05) is 52.9 Å². The fourth-order valence-electron chi connectivity index (χ4n) is 3.41. The van der Waals surface area contributed by atoms with Gasteiger partial charge in [0.25, 0.3) is 0 Å². The van der Waals surface area contributed by atoms with E-state index >= 15 is 0 Å². The van der Waals surface area contributed by atoms with Crippen LogP contribution in [0.5, 0.6) is 11.5 Å². The Kier molecular flexibility index (Phi) is 8.22. The van der Waals surface area contributed by atoms with Gasteiger partial charge < -0.3 is 33.5 Å². The molecular formula is C26H34O7. The van der Waals surface area contributed by atoms with Crippen LogP contribution in [0.15, 0.2) is 48.5 Å². The molecule has 0 aromatic heterocycles. The number of hydrogen-bond acceptors (Lipinski definition) is 7. The Morgan fingerprint density at radius 3 is 1.88 bits per heavy atom. The summed E-state index contributed by atoms with van der Waals surface area (Å²) >= 11 is 0. The lowest BCUT2D eigenvalue weighted by atomic mass is 9.78. The molecule has 33 heavy (non-hydrogen) atoms. The number of aliphatic hydroxyl groups excluding tert-OH is 1. The minimum atomic E-state index is -0.694. The van der Waals surface area contributed by atoms with Crippen LogP contribution < -0.4 is 9.47 Å². The normalized spacial score (nSPS) is 20.3. The van der Waals surface area contributed by atoms with E-state index in [9.17, 15) is 5.11 Å². The second-order valence-corrected chi connectivity index (χ2v) is 9.01. The summed E-state index contributed by atoms with van der Waals surface area (Å²) in [5.74, 6) is 1.57. The zero-order chi connectivity index (χ0) is 23.1. The van der Waals surface area contributed by atoms with E-state index in [4.69, 9.17) is 28.4 Å². The molecule has 2 aliphatic rings. The monoisotopic (exact) mass is 458 g/mol. The van der Waals surface area contributed by atoms with Gasteiger partial charge in [0.1, 0.15) is 43.0 Å². The molecule has 3 unspecified atom stereocenters. The Morgan fingerprint density at radius 1 is 0.788 bits per heavy atom. The fourth-order valence-corrected chi connectivity index (χ4v) is 3.41. The number of aliphatic hydroxyl groups is 1. The molecule has 7 nitrogen and oxygen atoms in total. The highest BCUT2D eigenvalue weighted by Gasteiger charge is 2.25. The largest absolute Gasteiger partial charge is 0.491 e. The maximum Gasteiger partial charge on any atom is 0.119 e. The predicted molar refractivity (Wildman–Crippen MR) is 123 cm³/mol. The van der Waals surface area contributed by atoms with Crippen molar-refractivity contribution in [2.45, 2.75) is 37.6 Å². The van der Waals surface area contributed by atoms with Crippen molar-refractivity contribution in [1.29, 1.82) is 0 Å². The van der Waals surface area contributed by atoms with Crippen molar-refractivity contribution in [2.24, 2.45) is 0 Å². The van der Waals surface area contributed by atoms with Gasteiger partial charge >= 0.3 is 0 Å². The Bertz CT molecular complexity index is 842. The van der Waals surface area contributed by atoms with Crippen molar-refractivity contribution >= 4 is 0 Å². The molecule has 2 aliphatic heterocycles. The third kappa shape index (κ3) is 7.69. The maximum atomic E-state index is 10.1. The van der Waals surface area contributed by atoms with Crippen LogP contribution in [0.4, 0.5) is 0 Å². The van der Waals surface area contributed by atoms with Gasteiger partial charge in [-0.1, -0.05) is 38.1 Å². The standard InChI is InChI=1S/C26H34O7/c1-26(2,20-5-9-23(10-6-20)31-17-25-18-33-25)19-3-7-22(8-4-19)30-14-21(27)13-28-11-12-29-15-24-16-32-24/h3-10,21,24-25,27H,11-18H2,1-2H3. The van der Waals surface area contributed by atoms with Gasteiger partial charge in [-0.25, -0.2) is 0 Å². The van der Waals surface area contributed by atoms with Crippen molar-refractivity contribution < 1.29 is 33.5 Å². The molecular weight excluding hydrogens is 424 g/mol. The molecule has 2 heterocycles. The van der Waals surface area contributed by atoms with E-state index in [0.29, 0.717) is 32.2 Å². The summed E-state index contributed by atoms with van der Waals surface area (Å²) in [6.07, 6.45) is -0.184. The second-order valence-electron chi connectivity index (χ2n) is 9.01. The molecule has 0 spiro atoms. The zero-order valence-corrected chi connectivity index (χ0v) is 19.4. The summed E-state index contributed by atoms with van der Waals surface area (Å²) in [5.41, 5.74) is 2.21. The molecule has 2 saturated heterocycles. The molecule has 0 radical (unpaired) electrons. The van der Waals surface area contributed by atoms with Crippen molar-refractivity contribution in [3.63, 3.8) is 0 Å². The maximum absolute atomic E-state index is 10.1.